The van der Waals surface area contributed by atoms with Gasteiger partial charge >= 0.3 is 5.97 Å². The first-order valence-electron chi connectivity index (χ1n) is 9.82. The number of aromatic carboxylic acids is 1. The van der Waals surface area contributed by atoms with E-state index >= 15 is 0 Å². The third-order valence-electron chi connectivity index (χ3n) is 5.25. The molecule has 0 unspecified atom stereocenters. The molecule has 1 saturated carbocycles. The van der Waals surface area contributed by atoms with Crippen LogP contribution in [0.25, 0.3) is 0 Å². The van der Waals surface area contributed by atoms with E-state index in [1.165, 1.54) is 0 Å². The zero-order valence-corrected chi connectivity index (χ0v) is 16.9. The Bertz CT molecular complexity index is 1100. The van der Waals surface area contributed by atoms with Gasteiger partial charge in [0.25, 0.3) is 5.91 Å². The van der Waals surface area contributed by atoms with Crippen molar-refractivity contribution in [1.29, 1.82) is 0 Å². The lowest BCUT2D eigenvalue weighted by Gasteiger charge is -2.14. The largest absolute Gasteiger partial charge is 0.489 e. The number of carboxylic acids is 1. The number of anilines is 1. The monoisotopic (exact) mass is 405 g/mol. The SMILES string of the molecule is Cc1c(NC(=O)c2cc(C3CC3)nn2C)cccc1OCc1ccc(C(=O)O)cc1. The zero-order chi connectivity index (χ0) is 21.3. The minimum Gasteiger partial charge on any atom is -0.489 e. The zero-order valence-electron chi connectivity index (χ0n) is 16.9. The maximum Gasteiger partial charge on any atom is 0.335 e. The first-order chi connectivity index (χ1) is 14.4. The van der Waals surface area contributed by atoms with Crippen molar-refractivity contribution < 1.29 is 19.4 Å². The van der Waals surface area contributed by atoms with Crippen molar-refractivity contribution >= 4 is 17.6 Å². The van der Waals surface area contributed by atoms with Crippen LogP contribution in [0.4, 0.5) is 5.69 Å². The first kappa shape index (κ1) is 19.7. The summed E-state index contributed by atoms with van der Waals surface area (Å²) in [6.07, 6.45) is 2.27. The number of benzene rings is 2. The summed E-state index contributed by atoms with van der Waals surface area (Å²) in [4.78, 5) is 23.7. The highest BCUT2D eigenvalue weighted by Crippen LogP contribution is 2.39. The highest BCUT2D eigenvalue weighted by Gasteiger charge is 2.28. The van der Waals surface area contributed by atoms with Gasteiger partial charge in [-0.05, 0) is 55.7 Å². The third-order valence-corrected chi connectivity index (χ3v) is 5.25. The molecule has 0 saturated heterocycles. The van der Waals surface area contributed by atoms with Gasteiger partial charge in [0.2, 0.25) is 0 Å². The van der Waals surface area contributed by atoms with Crippen LogP contribution in [0.1, 0.15) is 56.4 Å². The minimum atomic E-state index is -0.959. The van der Waals surface area contributed by atoms with Crippen molar-refractivity contribution in [3.8, 4) is 5.75 Å². The summed E-state index contributed by atoms with van der Waals surface area (Å²) in [7, 11) is 1.78. The van der Waals surface area contributed by atoms with Gasteiger partial charge in [-0.3, -0.25) is 9.48 Å². The van der Waals surface area contributed by atoms with Gasteiger partial charge in [-0.2, -0.15) is 5.10 Å². The number of rotatable bonds is 7. The average molecular weight is 405 g/mol. The number of amides is 1. The fourth-order valence-electron chi connectivity index (χ4n) is 3.28. The molecule has 1 aliphatic carbocycles. The molecule has 0 bridgehead atoms. The smallest absolute Gasteiger partial charge is 0.335 e. The molecule has 0 radical (unpaired) electrons. The number of hydrogen-bond acceptors (Lipinski definition) is 4. The molecule has 3 aromatic rings. The molecule has 0 aliphatic heterocycles. The molecule has 7 nitrogen and oxygen atoms in total. The van der Waals surface area contributed by atoms with Gasteiger partial charge < -0.3 is 15.2 Å². The Morgan fingerprint density at radius 3 is 2.60 bits per heavy atom. The molecule has 154 valence electrons. The molecule has 1 heterocycles. The highest BCUT2D eigenvalue weighted by atomic mass is 16.5. The third kappa shape index (κ3) is 4.20. The van der Waals surface area contributed by atoms with E-state index in [4.69, 9.17) is 9.84 Å². The predicted molar refractivity (Wildman–Crippen MR) is 112 cm³/mol. The van der Waals surface area contributed by atoms with Crippen LogP contribution in [0.3, 0.4) is 0 Å². The number of aromatic nitrogens is 2. The summed E-state index contributed by atoms with van der Waals surface area (Å²) < 4.78 is 7.53. The number of carboxylic acid groups (broad SMARTS) is 1. The molecular weight excluding hydrogens is 382 g/mol. The van der Waals surface area contributed by atoms with Crippen LogP contribution in [-0.2, 0) is 13.7 Å². The molecule has 4 rings (SSSR count). The van der Waals surface area contributed by atoms with Gasteiger partial charge in [-0.1, -0.05) is 18.2 Å². The fraction of sp³-hybridized carbons (Fsp3) is 0.261. The van der Waals surface area contributed by atoms with Crippen LogP contribution >= 0.6 is 0 Å². The standard InChI is InChI=1S/C23H23N3O4/c1-14-18(24-22(27)20-12-19(16-10-11-16)25-26(20)2)4-3-5-21(14)30-13-15-6-8-17(9-7-15)23(28)29/h3-9,12,16H,10-11,13H2,1-2H3,(H,24,27)(H,28,29). The number of nitrogens with zero attached hydrogens (tertiary/aromatic N) is 2. The average Bonchev–Trinajstić information content (AvgIpc) is 3.50. The lowest BCUT2D eigenvalue weighted by Crippen LogP contribution is -2.16. The van der Waals surface area contributed by atoms with Crippen LogP contribution in [0.2, 0.25) is 0 Å². The Morgan fingerprint density at radius 2 is 1.93 bits per heavy atom. The van der Waals surface area contributed by atoms with Crippen LogP contribution in [-0.4, -0.2) is 26.8 Å². The summed E-state index contributed by atoms with van der Waals surface area (Å²) in [6.45, 7) is 2.18. The summed E-state index contributed by atoms with van der Waals surface area (Å²) in [5.41, 5.74) is 4.09. The van der Waals surface area contributed by atoms with E-state index in [0.29, 0.717) is 29.7 Å². The molecule has 0 spiro atoms. The number of nitrogens with one attached hydrogen (secondary N) is 1. The van der Waals surface area contributed by atoms with E-state index < -0.39 is 5.97 Å². The van der Waals surface area contributed by atoms with Gasteiger partial charge in [0.15, 0.2) is 0 Å². The van der Waals surface area contributed by atoms with E-state index in [1.54, 1.807) is 36.0 Å². The van der Waals surface area contributed by atoms with Crippen molar-refractivity contribution in [3.63, 3.8) is 0 Å². The molecule has 2 N–H and O–H groups in total. The Kier molecular flexibility index (Phi) is 5.27. The molecule has 2 aromatic carbocycles. The summed E-state index contributed by atoms with van der Waals surface area (Å²) >= 11 is 0. The Morgan fingerprint density at radius 1 is 1.20 bits per heavy atom. The summed E-state index contributed by atoms with van der Waals surface area (Å²) in [5.74, 6) is -0.0274. The number of ether oxygens (including phenoxy) is 1. The molecule has 7 heteroatoms. The Labute approximate surface area is 174 Å². The quantitative estimate of drug-likeness (QED) is 0.616. The lowest BCUT2D eigenvalue weighted by atomic mass is 10.1. The van der Waals surface area contributed by atoms with Crippen molar-refractivity contribution in [3.05, 3.63) is 76.6 Å². The van der Waals surface area contributed by atoms with Crippen LogP contribution in [0, 0.1) is 6.92 Å². The number of carbonyl (C=O) groups is 2. The van der Waals surface area contributed by atoms with Gasteiger partial charge in [-0.15, -0.1) is 0 Å². The molecular formula is C23H23N3O4. The number of hydrogen-bond donors (Lipinski definition) is 2. The molecule has 1 aliphatic rings. The van der Waals surface area contributed by atoms with Crippen LogP contribution in [0.5, 0.6) is 5.75 Å². The predicted octanol–water partition coefficient (Wildman–Crippen LogP) is 4.14. The van der Waals surface area contributed by atoms with Gasteiger partial charge in [-0.25, -0.2) is 4.79 Å². The van der Waals surface area contributed by atoms with E-state index in [1.807, 2.05) is 31.2 Å². The van der Waals surface area contributed by atoms with Crippen LogP contribution < -0.4 is 10.1 Å². The van der Waals surface area contributed by atoms with Crippen LogP contribution in [0.15, 0.2) is 48.5 Å². The molecule has 1 amide bonds. The lowest BCUT2D eigenvalue weighted by molar-refractivity contribution is 0.0696. The second-order valence-electron chi connectivity index (χ2n) is 7.53. The maximum absolute atomic E-state index is 12.8. The highest BCUT2D eigenvalue weighted by molar-refractivity contribution is 6.03. The number of aryl methyl sites for hydroxylation is 1. The molecule has 1 aromatic heterocycles. The van der Waals surface area contributed by atoms with Gasteiger partial charge in [0.1, 0.15) is 18.1 Å². The topological polar surface area (TPSA) is 93.5 Å². The maximum atomic E-state index is 12.8. The normalized spacial score (nSPS) is 13.1. The summed E-state index contributed by atoms with van der Waals surface area (Å²) in [6, 6.07) is 13.9. The van der Waals surface area contributed by atoms with E-state index in [2.05, 4.69) is 10.4 Å². The van der Waals surface area contributed by atoms with Crippen molar-refractivity contribution in [1.82, 2.24) is 9.78 Å². The second kappa shape index (κ2) is 8.02. The van der Waals surface area contributed by atoms with Crippen molar-refractivity contribution in [2.24, 2.45) is 7.05 Å². The molecule has 1 fully saturated rings. The van der Waals surface area contributed by atoms with E-state index in [0.717, 1.165) is 29.7 Å². The second-order valence-corrected chi connectivity index (χ2v) is 7.53. The number of carbonyl (C=O) groups excluding carboxylic acids is 1. The van der Waals surface area contributed by atoms with Crippen molar-refractivity contribution in [2.45, 2.75) is 32.3 Å². The molecule has 30 heavy (non-hydrogen) atoms. The van der Waals surface area contributed by atoms with E-state index in [-0.39, 0.29) is 11.5 Å². The first-order valence-corrected chi connectivity index (χ1v) is 9.82. The van der Waals surface area contributed by atoms with Crippen molar-refractivity contribution in [2.75, 3.05) is 5.32 Å². The Hall–Kier alpha value is -3.61. The Balaban J connectivity index is 1.44. The van der Waals surface area contributed by atoms with Gasteiger partial charge in [0.05, 0.1) is 11.3 Å². The van der Waals surface area contributed by atoms with E-state index in [9.17, 15) is 9.59 Å². The fourth-order valence-corrected chi connectivity index (χ4v) is 3.28. The minimum absolute atomic E-state index is 0.207. The summed E-state index contributed by atoms with van der Waals surface area (Å²) in [5, 5.41) is 16.4. The van der Waals surface area contributed by atoms with Gasteiger partial charge in [0, 0.05) is 24.2 Å². The molecule has 0 atom stereocenters.